The Morgan fingerprint density at radius 3 is 2.96 bits per heavy atom. The number of aromatic nitrogens is 4. The predicted octanol–water partition coefficient (Wildman–Crippen LogP) is 1.65. The summed E-state index contributed by atoms with van der Waals surface area (Å²) < 4.78 is 2.13. The first-order valence-electron chi connectivity index (χ1n) is 9.08. The van der Waals surface area contributed by atoms with Crippen molar-refractivity contribution in [3.63, 3.8) is 0 Å². The van der Waals surface area contributed by atoms with Crippen molar-refractivity contribution in [2.45, 2.75) is 38.3 Å². The Morgan fingerprint density at radius 1 is 1.28 bits per heavy atom. The fraction of sp³-hybridized carbons (Fsp3) is 0.556. The van der Waals surface area contributed by atoms with E-state index in [0.29, 0.717) is 18.3 Å². The zero-order chi connectivity index (χ0) is 17.1. The van der Waals surface area contributed by atoms with Crippen molar-refractivity contribution < 1.29 is 4.79 Å². The molecule has 1 unspecified atom stereocenters. The number of amides is 1. The van der Waals surface area contributed by atoms with Gasteiger partial charge in [0.05, 0.1) is 17.9 Å². The second kappa shape index (κ2) is 7.31. The number of nitrogens with zero attached hydrogens (tertiary/aromatic N) is 5. The first-order valence-corrected chi connectivity index (χ1v) is 9.08. The number of rotatable bonds is 6. The minimum absolute atomic E-state index is 0.170. The van der Waals surface area contributed by atoms with Gasteiger partial charge in [0.2, 0.25) is 0 Å². The van der Waals surface area contributed by atoms with Crippen LogP contribution in [-0.4, -0.2) is 50.2 Å². The molecule has 0 radical (unpaired) electrons. The third kappa shape index (κ3) is 3.71. The van der Waals surface area contributed by atoms with E-state index in [4.69, 9.17) is 0 Å². The number of hydrogen-bond donors (Lipinski definition) is 1. The van der Waals surface area contributed by atoms with Crippen molar-refractivity contribution in [2.24, 2.45) is 5.92 Å². The zero-order valence-corrected chi connectivity index (χ0v) is 14.3. The molecule has 1 aliphatic carbocycles. The number of hydrogen-bond acceptors (Lipinski definition) is 5. The van der Waals surface area contributed by atoms with Crippen LogP contribution in [-0.2, 0) is 6.54 Å². The highest BCUT2D eigenvalue weighted by Crippen LogP contribution is 2.30. The lowest BCUT2D eigenvalue weighted by Gasteiger charge is -2.38. The van der Waals surface area contributed by atoms with Crippen molar-refractivity contribution in [1.82, 2.24) is 30.0 Å². The van der Waals surface area contributed by atoms with E-state index in [1.54, 1.807) is 6.20 Å². The standard InChI is InChI=1S/C18H24N6O/c25-18(17-10-19-8-9-20-17)21-6-4-15-12-23(11-14-2-1-3-14)13-16-5-7-22-24(15)16/h5,7-10,14-15H,1-4,6,11-13H2,(H,21,25). The van der Waals surface area contributed by atoms with Crippen molar-refractivity contribution in [1.29, 1.82) is 0 Å². The Balaban J connectivity index is 1.33. The minimum Gasteiger partial charge on any atom is -0.351 e. The molecule has 1 N–H and O–H groups in total. The molecule has 1 saturated carbocycles. The average molecular weight is 340 g/mol. The summed E-state index contributed by atoms with van der Waals surface area (Å²) in [6.07, 6.45) is 11.5. The van der Waals surface area contributed by atoms with E-state index >= 15 is 0 Å². The lowest BCUT2D eigenvalue weighted by molar-refractivity contribution is 0.0936. The lowest BCUT2D eigenvalue weighted by Crippen LogP contribution is -2.42. The van der Waals surface area contributed by atoms with Crippen LogP contribution in [0.5, 0.6) is 0 Å². The van der Waals surface area contributed by atoms with Crippen molar-refractivity contribution in [3.05, 3.63) is 42.2 Å². The van der Waals surface area contributed by atoms with Crippen LogP contribution in [0.1, 0.15) is 47.9 Å². The fourth-order valence-corrected chi connectivity index (χ4v) is 3.72. The molecule has 3 heterocycles. The van der Waals surface area contributed by atoms with Gasteiger partial charge in [-0.15, -0.1) is 0 Å². The van der Waals surface area contributed by atoms with Gasteiger partial charge >= 0.3 is 0 Å². The smallest absolute Gasteiger partial charge is 0.271 e. The van der Waals surface area contributed by atoms with E-state index in [9.17, 15) is 4.79 Å². The van der Waals surface area contributed by atoms with Gasteiger partial charge < -0.3 is 5.32 Å². The highest BCUT2D eigenvalue weighted by molar-refractivity contribution is 5.91. The number of carbonyl (C=O) groups is 1. The highest BCUT2D eigenvalue weighted by atomic mass is 16.1. The molecule has 2 aromatic rings. The highest BCUT2D eigenvalue weighted by Gasteiger charge is 2.28. The number of nitrogens with one attached hydrogen (secondary N) is 1. The maximum atomic E-state index is 12.1. The third-order valence-electron chi connectivity index (χ3n) is 5.25. The van der Waals surface area contributed by atoms with Gasteiger partial charge in [-0.05, 0) is 31.2 Å². The topological polar surface area (TPSA) is 75.9 Å². The van der Waals surface area contributed by atoms with Crippen molar-refractivity contribution >= 4 is 5.91 Å². The fourth-order valence-electron chi connectivity index (χ4n) is 3.72. The van der Waals surface area contributed by atoms with Gasteiger partial charge in [-0.1, -0.05) is 6.42 Å². The van der Waals surface area contributed by atoms with E-state index in [1.807, 2.05) is 6.20 Å². The molecular formula is C18H24N6O. The minimum atomic E-state index is -0.170. The largest absolute Gasteiger partial charge is 0.351 e. The first kappa shape index (κ1) is 16.2. The van der Waals surface area contributed by atoms with Gasteiger partial charge in [-0.3, -0.25) is 19.4 Å². The van der Waals surface area contributed by atoms with E-state index in [-0.39, 0.29) is 5.91 Å². The average Bonchev–Trinajstić information content (AvgIpc) is 3.07. The van der Waals surface area contributed by atoms with Crippen LogP contribution >= 0.6 is 0 Å². The second-order valence-electron chi connectivity index (χ2n) is 7.05. The molecule has 1 aliphatic heterocycles. The summed E-state index contributed by atoms with van der Waals surface area (Å²) in [5.74, 6) is 0.697. The van der Waals surface area contributed by atoms with Gasteiger partial charge in [0.25, 0.3) is 5.91 Å². The summed E-state index contributed by atoms with van der Waals surface area (Å²) in [5.41, 5.74) is 1.63. The van der Waals surface area contributed by atoms with E-state index in [2.05, 4.69) is 36.0 Å². The molecule has 0 bridgehead atoms. The Kier molecular flexibility index (Phi) is 4.74. The van der Waals surface area contributed by atoms with Crippen LogP contribution in [0.25, 0.3) is 0 Å². The molecule has 1 atom stereocenters. The normalized spacial score (nSPS) is 20.7. The maximum Gasteiger partial charge on any atom is 0.271 e. The monoisotopic (exact) mass is 340 g/mol. The van der Waals surface area contributed by atoms with Gasteiger partial charge in [0.1, 0.15) is 5.69 Å². The number of carbonyl (C=O) groups excluding carboxylic acids is 1. The van der Waals surface area contributed by atoms with Crippen LogP contribution < -0.4 is 5.32 Å². The van der Waals surface area contributed by atoms with E-state index in [0.717, 1.165) is 25.4 Å². The van der Waals surface area contributed by atoms with E-state index in [1.165, 1.54) is 43.9 Å². The Labute approximate surface area is 147 Å². The molecule has 0 saturated heterocycles. The summed E-state index contributed by atoms with van der Waals surface area (Å²) >= 11 is 0. The molecule has 0 spiro atoms. The quantitative estimate of drug-likeness (QED) is 0.865. The van der Waals surface area contributed by atoms with Crippen LogP contribution in [0, 0.1) is 5.92 Å². The molecular weight excluding hydrogens is 316 g/mol. The zero-order valence-electron chi connectivity index (χ0n) is 14.3. The molecule has 0 aromatic carbocycles. The van der Waals surface area contributed by atoms with Gasteiger partial charge in [0, 0.05) is 44.8 Å². The van der Waals surface area contributed by atoms with Gasteiger partial charge in [0.15, 0.2) is 0 Å². The molecule has 2 aliphatic rings. The van der Waals surface area contributed by atoms with Crippen LogP contribution in [0.15, 0.2) is 30.9 Å². The van der Waals surface area contributed by atoms with Gasteiger partial charge in [-0.2, -0.15) is 5.10 Å². The molecule has 7 nitrogen and oxygen atoms in total. The molecule has 2 aromatic heterocycles. The van der Waals surface area contributed by atoms with Crippen molar-refractivity contribution in [2.75, 3.05) is 19.6 Å². The van der Waals surface area contributed by atoms with Crippen molar-refractivity contribution in [3.8, 4) is 0 Å². The summed E-state index contributed by atoms with van der Waals surface area (Å²) in [6.45, 7) is 3.79. The molecule has 7 heteroatoms. The number of fused-ring (bicyclic) bond motifs is 1. The molecule has 1 fully saturated rings. The van der Waals surface area contributed by atoms with Crippen LogP contribution in [0.2, 0.25) is 0 Å². The summed E-state index contributed by atoms with van der Waals surface area (Å²) in [4.78, 5) is 22.6. The molecule has 1 amide bonds. The van der Waals surface area contributed by atoms with E-state index < -0.39 is 0 Å². The maximum absolute atomic E-state index is 12.1. The molecule has 25 heavy (non-hydrogen) atoms. The summed E-state index contributed by atoms with van der Waals surface area (Å²) in [7, 11) is 0. The second-order valence-corrected chi connectivity index (χ2v) is 7.05. The Hall–Kier alpha value is -2.28. The SMILES string of the molecule is O=C(NCCC1CN(CC2CCC2)Cc2ccnn21)c1cnccn1. The van der Waals surface area contributed by atoms with Crippen LogP contribution in [0.4, 0.5) is 0 Å². The predicted molar refractivity (Wildman–Crippen MR) is 92.9 cm³/mol. The Morgan fingerprint density at radius 2 is 2.20 bits per heavy atom. The Bertz CT molecular complexity index is 711. The molecule has 4 rings (SSSR count). The first-order chi connectivity index (χ1) is 12.3. The molecule has 132 valence electrons. The third-order valence-corrected chi connectivity index (χ3v) is 5.25. The van der Waals surface area contributed by atoms with Gasteiger partial charge in [-0.25, -0.2) is 4.98 Å². The lowest BCUT2D eigenvalue weighted by atomic mass is 9.85. The van der Waals surface area contributed by atoms with Crippen LogP contribution in [0.3, 0.4) is 0 Å². The summed E-state index contributed by atoms with van der Waals surface area (Å²) in [6, 6.07) is 2.42. The summed E-state index contributed by atoms with van der Waals surface area (Å²) in [5, 5.41) is 7.44.